The van der Waals surface area contributed by atoms with Crippen LogP contribution in [0, 0.1) is 13.8 Å². The molecule has 0 radical (unpaired) electrons. The molecule has 0 aromatic carbocycles. The van der Waals surface area contributed by atoms with Crippen LogP contribution < -0.4 is 0 Å². The van der Waals surface area contributed by atoms with Crippen molar-refractivity contribution in [3.8, 4) is 0 Å². The molecule has 1 heterocycles. The van der Waals surface area contributed by atoms with E-state index in [1.807, 2.05) is 19.9 Å². The Balaban J connectivity index is 2.53. The summed E-state index contributed by atoms with van der Waals surface area (Å²) >= 11 is 1.67. The van der Waals surface area contributed by atoms with Crippen molar-refractivity contribution < 1.29 is 9.90 Å². The first kappa shape index (κ1) is 10.4. The zero-order chi connectivity index (χ0) is 11.0. The summed E-state index contributed by atoms with van der Waals surface area (Å²) in [5.41, 5.74) is 1.49. The van der Waals surface area contributed by atoms with Crippen molar-refractivity contribution >= 4 is 22.7 Å². The summed E-state index contributed by atoms with van der Waals surface area (Å²) in [7, 11) is 0. The van der Waals surface area contributed by atoms with Crippen LogP contribution in [0.4, 0.5) is 0 Å². The maximum absolute atomic E-state index is 11.8. The Labute approximate surface area is 93.3 Å². The van der Waals surface area contributed by atoms with Crippen LogP contribution in [0.15, 0.2) is 11.8 Å². The SMILES string of the molecule is Cc1cc(C2=C(O)CCCC2=O)c(C)s1. The highest BCUT2D eigenvalue weighted by molar-refractivity contribution is 7.12. The number of carbonyl (C=O) groups is 1. The molecule has 1 N–H and O–H groups in total. The highest BCUT2D eigenvalue weighted by Gasteiger charge is 2.23. The lowest BCUT2D eigenvalue weighted by molar-refractivity contribution is -0.114. The van der Waals surface area contributed by atoms with Crippen molar-refractivity contribution in [2.45, 2.75) is 33.1 Å². The summed E-state index contributed by atoms with van der Waals surface area (Å²) in [6.45, 7) is 4.02. The van der Waals surface area contributed by atoms with E-state index in [1.54, 1.807) is 11.3 Å². The molecule has 0 unspecified atom stereocenters. The number of allylic oxidation sites excluding steroid dienone is 2. The van der Waals surface area contributed by atoms with Crippen molar-refractivity contribution in [2.24, 2.45) is 0 Å². The van der Waals surface area contributed by atoms with E-state index in [0.717, 1.165) is 16.9 Å². The number of hydrogen-bond donors (Lipinski definition) is 1. The van der Waals surface area contributed by atoms with Gasteiger partial charge in [0.15, 0.2) is 5.78 Å². The quantitative estimate of drug-likeness (QED) is 0.790. The van der Waals surface area contributed by atoms with E-state index in [4.69, 9.17) is 0 Å². The molecule has 0 saturated heterocycles. The fraction of sp³-hybridized carbons (Fsp3) is 0.417. The monoisotopic (exact) mass is 222 g/mol. The van der Waals surface area contributed by atoms with Crippen molar-refractivity contribution in [1.29, 1.82) is 0 Å². The molecule has 0 saturated carbocycles. The lowest BCUT2D eigenvalue weighted by Crippen LogP contribution is -2.10. The molecular formula is C12H14O2S. The summed E-state index contributed by atoms with van der Waals surface area (Å²) < 4.78 is 0. The summed E-state index contributed by atoms with van der Waals surface area (Å²) in [4.78, 5) is 14.1. The molecule has 3 heteroatoms. The van der Waals surface area contributed by atoms with Gasteiger partial charge in [-0.15, -0.1) is 11.3 Å². The number of aliphatic hydroxyl groups is 1. The van der Waals surface area contributed by atoms with Gasteiger partial charge in [0.1, 0.15) is 5.76 Å². The Hall–Kier alpha value is -1.09. The Bertz CT molecular complexity index is 440. The van der Waals surface area contributed by atoms with Gasteiger partial charge in [0, 0.05) is 28.2 Å². The molecule has 1 aromatic heterocycles. The average molecular weight is 222 g/mol. The van der Waals surface area contributed by atoms with Crippen LogP contribution in [-0.2, 0) is 4.79 Å². The van der Waals surface area contributed by atoms with Gasteiger partial charge >= 0.3 is 0 Å². The molecule has 1 aliphatic rings. The van der Waals surface area contributed by atoms with Crippen LogP contribution in [0.25, 0.3) is 5.57 Å². The third-order valence-electron chi connectivity index (χ3n) is 2.70. The van der Waals surface area contributed by atoms with Gasteiger partial charge in [0.2, 0.25) is 0 Å². The predicted octanol–water partition coefficient (Wildman–Crippen LogP) is 3.39. The molecule has 1 aliphatic carbocycles. The van der Waals surface area contributed by atoms with Gasteiger partial charge in [-0.3, -0.25) is 4.79 Å². The Kier molecular flexibility index (Phi) is 2.65. The molecule has 15 heavy (non-hydrogen) atoms. The average Bonchev–Trinajstić information content (AvgIpc) is 2.45. The van der Waals surface area contributed by atoms with Gasteiger partial charge in [-0.1, -0.05) is 0 Å². The lowest BCUT2D eigenvalue weighted by Gasteiger charge is -2.14. The topological polar surface area (TPSA) is 37.3 Å². The number of rotatable bonds is 1. The van der Waals surface area contributed by atoms with Crippen LogP contribution in [0.1, 0.15) is 34.6 Å². The zero-order valence-electron chi connectivity index (χ0n) is 8.96. The van der Waals surface area contributed by atoms with E-state index in [1.165, 1.54) is 4.88 Å². The predicted molar refractivity (Wildman–Crippen MR) is 62.2 cm³/mol. The fourth-order valence-electron chi connectivity index (χ4n) is 2.01. The molecule has 0 amide bonds. The minimum absolute atomic E-state index is 0.0830. The van der Waals surface area contributed by atoms with Gasteiger partial charge in [-0.05, 0) is 26.3 Å². The van der Waals surface area contributed by atoms with Crippen molar-refractivity contribution in [3.63, 3.8) is 0 Å². The van der Waals surface area contributed by atoms with E-state index in [2.05, 4.69) is 0 Å². The van der Waals surface area contributed by atoms with Crippen LogP contribution in [-0.4, -0.2) is 10.9 Å². The summed E-state index contributed by atoms with van der Waals surface area (Å²) in [5, 5.41) is 9.79. The number of Topliss-reactive ketones (excluding diaryl/α,β-unsaturated/α-hetero) is 1. The fourth-order valence-corrected chi connectivity index (χ4v) is 2.94. The number of carbonyl (C=O) groups excluding carboxylic acids is 1. The van der Waals surface area contributed by atoms with E-state index in [-0.39, 0.29) is 11.5 Å². The molecule has 0 atom stereocenters. The van der Waals surface area contributed by atoms with Gasteiger partial charge in [-0.25, -0.2) is 0 Å². The first-order valence-corrected chi connectivity index (χ1v) is 5.94. The number of thiophene rings is 1. The highest BCUT2D eigenvalue weighted by atomic mass is 32.1. The van der Waals surface area contributed by atoms with Gasteiger partial charge in [-0.2, -0.15) is 0 Å². The molecular weight excluding hydrogens is 208 g/mol. The number of aryl methyl sites for hydroxylation is 2. The second kappa shape index (κ2) is 3.81. The van der Waals surface area contributed by atoms with Crippen LogP contribution in [0.2, 0.25) is 0 Å². The maximum Gasteiger partial charge on any atom is 0.166 e. The van der Waals surface area contributed by atoms with Crippen molar-refractivity contribution in [1.82, 2.24) is 0 Å². The number of hydrogen-bond acceptors (Lipinski definition) is 3. The molecule has 80 valence electrons. The standard InChI is InChI=1S/C12H14O2S/c1-7-6-9(8(2)15-7)12-10(13)4-3-5-11(12)14/h6,13H,3-5H2,1-2H3. The lowest BCUT2D eigenvalue weighted by atomic mass is 9.91. The van der Waals surface area contributed by atoms with Crippen molar-refractivity contribution in [2.75, 3.05) is 0 Å². The van der Waals surface area contributed by atoms with Crippen LogP contribution in [0.5, 0.6) is 0 Å². The zero-order valence-corrected chi connectivity index (χ0v) is 9.78. The van der Waals surface area contributed by atoms with Gasteiger partial charge in [0.25, 0.3) is 0 Å². The summed E-state index contributed by atoms with van der Waals surface area (Å²) in [6.07, 6.45) is 1.97. The van der Waals surface area contributed by atoms with Crippen LogP contribution in [0.3, 0.4) is 0 Å². The van der Waals surface area contributed by atoms with E-state index < -0.39 is 0 Å². The molecule has 0 aliphatic heterocycles. The third-order valence-corrected chi connectivity index (χ3v) is 3.66. The first-order chi connectivity index (χ1) is 7.09. The summed E-state index contributed by atoms with van der Waals surface area (Å²) in [6, 6.07) is 1.99. The molecule has 1 aromatic rings. The Morgan fingerprint density at radius 3 is 2.60 bits per heavy atom. The smallest absolute Gasteiger partial charge is 0.166 e. The minimum atomic E-state index is 0.0830. The van der Waals surface area contributed by atoms with Crippen LogP contribution >= 0.6 is 11.3 Å². The van der Waals surface area contributed by atoms with Gasteiger partial charge in [0.05, 0.1) is 5.57 Å². The van der Waals surface area contributed by atoms with E-state index >= 15 is 0 Å². The van der Waals surface area contributed by atoms with Crippen molar-refractivity contribution in [3.05, 3.63) is 27.1 Å². The highest BCUT2D eigenvalue weighted by Crippen LogP contribution is 2.33. The largest absolute Gasteiger partial charge is 0.512 e. The minimum Gasteiger partial charge on any atom is -0.512 e. The van der Waals surface area contributed by atoms with E-state index in [0.29, 0.717) is 18.4 Å². The first-order valence-electron chi connectivity index (χ1n) is 5.12. The molecule has 2 rings (SSSR count). The second-order valence-electron chi connectivity index (χ2n) is 3.93. The number of ketones is 1. The maximum atomic E-state index is 11.8. The Morgan fingerprint density at radius 1 is 1.33 bits per heavy atom. The molecule has 2 nitrogen and oxygen atoms in total. The van der Waals surface area contributed by atoms with Gasteiger partial charge < -0.3 is 5.11 Å². The number of aliphatic hydroxyl groups excluding tert-OH is 1. The second-order valence-corrected chi connectivity index (χ2v) is 5.39. The summed E-state index contributed by atoms with van der Waals surface area (Å²) in [5.74, 6) is 0.354. The molecule has 0 spiro atoms. The Morgan fingerprint density at radius 2 is 2.07 bits per heavy atom. The van der Waals surface area contributed by atoms with E-state index in [9.17, 15) is 9.90 Å². The normalized spacial score (nSPS) is 17.3. The molecule has 0 bridgehead atoms. The molecule has 0 fully saturated rings. The third kappa shape index (κ3) is 1.84.